The van der Waals surface area contributed by atoms with Crippen LogP contribution in [0.25, 0.3) is 0 Å². The Kier molecular flexibility index (Phi) is 7.13. The van der Waals surface area contributed by atoms with Gasteiger partial charge in [0.05, 0.1) is 12.8 Å². The number of carbonyl (C=O) groups is 2. The van der Waals surface area contributed by atoms with Crippen molar-refractivity contribution < 1.29 is 14.0 Å². The number of rotatable bonds is 6. The second-order valence-electron chi connectivity index (χ2n) is 6.57. The lowest BCUT2D eigenvalue weighted by molar-refractivity contribution is -0.135. The van der Waals surface area contributed by atoms with Crippen molar-refractivity contribution in [3.63, 3.8) is 0 Å². The Morgan fingerprint density at radius 2 is 1.93 bits per heavy atom. The van der Waals surface area contributed by atoms with Crippen LogP contribution in [0, 0.1) is 0 Å². The topological polar surface area (TPSA) is 90.2 Å². The first kappa shape index (κ1) is 20.7. The SMILES string of the molecule is CN=C(NCCNC(=O)c1ccco1)N1CCN(Cc2ccc(Cl)cc2)C(=O)C1. The monoisotopic (exact) mass is 417 g/mol. The molecule has 0 saturated carbocycles. The van der Waals surface area contributed by atoms with E-state index in [2.05, 4.69) is 15.6 Å². The van der Waals surface area contributed by atoms with Gasteiger partial charge < -0.3 is 24.9 Å². The zero-order chi connectivity index (χ0) is 20.6. The minimum atomic E-state index is -0.266. The molecule has 2 heterocycles. The van der Waals surface area contributed by atoms with Gasteiger partial charge in [0.25, 0.3) is 5.91 Å². The van der Waals surface area contributed by atoms with Gasteiger partial charge in [0.2, 0.25) is 5.91 Å². The molecule has 2 aromatic rings. The van der Waals surface area contributed by atoms with E-state index in [1.165, 1.54) is 6.26 Å². The fourth-order valence-corrected chi connectivity index (χ4v) is 3.17. The molecule has 0 bridgehead atoms. The zero-order valence-corrected chi connectivity index (χ0v) is 17.0. The number of benzene rings is 1. The maximum absolute atomic E-state index is 12.6. The number of piperazine rings is 1. The molecule has 2 amide bonds. The molecule has 2 N–H and O–H groups in total. The minimum absolute atomic E-state index is 0.0419. The molecule has 0 radical (unpaired) electrons. The first-order chi connectivity index (χ1) is 14.1. The summed E-state index contributed by atoms with van der Waals surface area (Å²) in [5.41, 5.74) is 1.05. The van der Waals surface area contributed by atoms with Crippen LogP contribution in [0.2, 0.25) is 5.02 Å². The average molecular weight is 418 g/mol. The fraction of sp³-hybridized carbons (Fsp3) is 0.350. The molecular formula is C20H24ClN5O3. The van der Waals surface area contributed by atoms with Gasteiger partial charge in [-0.25, -0.2) is 0 Å². The first-order valence-electron chi connectivity index (χ1n) is 9.36. The number of halogens is 1. The lowest BCUT2D eigenvalue weighted by Crippen LogP contribution is -2.55. The third-order valence-electron chi connectivity index (χ3n) is 4.56. The summed E-state index contributed by atoms with van der Waals surface area (Å²) in [4.78, 5) is 32.4. The second kappa shape index (κ2) is 9.97. The van der Waals surface area contributed by atoms with Crippen LogP contribution in [0.15, 0.2) is 52.1 Å². The third kappa shape index (κ3) is 5.74. The second-order valence-corrected chi connectivity index (χ2v) is 7.01. The molecule has 1 aromatic heterocycles. The maximum atomic E-state index is 12.6. The van der Waals surface area contributed by atoms with Gasteiger partial charge >= 0.3 is 0 Å². The van der Waals surface area contributed by atoms with E-state index in [-0.39, 0.29) is 24.1 Å². The fourth-order valence-electron chi connectivity index (χ4n) is 3.04. The molecule has 0 aliphatic carbocycles. The number of nitrogens with one attached hydrogen (secondary N) is 2. The van der Waals surface area contributed by atoms with Crippen LogP contribution in [0.5, 0.6) is 0 Å². The van der Waals surface area contributed by atoms with E-state index < -0.39 is 0 Å². The summed E-state index contributed by atoms with van der Waals surface area (Å²) in [6.45, 7) is 3.00. The third-order valence-corrected chi connectivity index (χ3v) is 4.81. The molecule has 1 aromatic carbocycles. The van der Waals surface area contributed by atoms with E-state index in [1.807, 2.05) is 34.1 Å². The van der Waals surface area contributed by atoms with Crippen LogP contribution in [-0.4, -0.2) is 67.3 Å². The predicted molar refractivity (Wildman–Crippen MR) is 111 cm³/mol. The van der Waals surface area contributed by atoms with E-state index in [4.69, 9.17) is 16.0 Å². The van der Waals surface area contributed by atoms with Crippen molar-refractivity contribution in [2.24, 2.45) is 4.99 Å². The average Bonchev–Trinajstić information content (AvgIpc) is 3.26. The highest BCUT2D eigenvalue weighted by atomic mass is 35.5. The van der Waals surface area contributed by atoms with E-state index in [9.17, 15) is 9.59 Å². The van der Waals surface area contributed by atoms with E-state index in [0.29, 0.717) is 43.7 Å². The summed E-state index contributed by atoms with van der Waals surface area (Å²) < 4.78 is 5.05. The highest BCUT2D eigenvalue weighted by Crippen LogP contribution is 2.13. The molecule has 0 unspecified atom stereocenters. The van der Waals surface area contributed by atoms with Crippen LogP contribution in [0.1, 0.15) is 16.1 Å². The number of aliphatic imine (C=N–C) groups is 1. The number of nitrogens with zero attached hydrogens (tertiary/aromatic N) is 3. The van der Waals surface area contributed by atoms with Crippen molar-refractivity contribution in [3.05, 3.63) is 59.0 Å². The number of hydrogen-bond donors (Lipinski definition) is 2. The van der Waals surface area contributed by atoms with Crippen molar-refractivity contribution in [1.29, 1.82) is 0 Å². The number of guanidine groups is 1. The van der Waals surface area contributed by atoms with Crippen LogP contribution >= 0.6 is 11.6 Å². The van der Waals surface area contributed by atoms with E-state index in [1.54, 1.807) is 19.2 Å². The van der Waals surface area contributed by atoms with Crippen LogP contribution < -0.4 is 10.6 Å². The number of furan rings is 1. The molecule has 1 saturated heterocycles. The van der Waals surface area contributed by atoms with Gasteiger partial charge in [-0.15, -0.1) is 0 Å². The Morgan fingerprint density at radius 3 is 2.59 bits per heavy atom. The summed E-state index contributed by atoms with van der Waals surface area (Å²) in [6.07, 6.45) is 1.46. The normalized spacial score (nSPS) is 14.8. The summed E-state index contributed by atoms with van der Waals surface area (Å²) in [6, 6.07) is 10.8. The summed E-state index contributed by atoms with van der Waals surface area (Å²) in [5.74, 6) is 0.687. The van der Waals surface area contributed by atoms with Crippen molar-refractivity contribution in [2.75, 3.05) is 39.8 Å². The maximum Gasteiger partial charge on any atom is 0.287 e. The summed E-state index contributed by atoms with van der Waals surface area (Å²) in [5, 5.41) is 6.62. The molecule has 1 aliphatic heterocycles. The van der Waals surface area contributed by atoms with Gasteiger partial charge in [0.15, 0.2) is 11.7 Å². The summed E-state index contributed by atoms with van der Waals surface area (Å²) >= 11 is 5.91. The highest BCUT2D eigenvalue weighted by Gasteiger charge is 2.25. The highest BCUT2D eigenvalue weighted by molar-refractivity contribution is 6.30. The lowest BCUT2D eigenvalue weighted by Gasteiger charge is -2.36. The van der Waals surface area contributed by atoms with E-state index in [0.717, 1.165) is 5.56 Å². The van der Waals surface area contributed by atoms with Gasteiger partial charge in [0.1, 0.15) is 0 Å². The number of hydrogen-bond acceptors (Lipinski definition) is 4. The molecule has 0 atom stereocenters. The van der Waals surface area contributed by atoms with E-state index >= 15 is 0 Å². The molecule has 3 rings (SSSR count). The molecule has 154 valence electrons. The van der Waals surface area contributed by atoms with Crippen LogP contribution in [0.4, 0.5) is 0 Å². The van der Waals surface area contributed by atoms with Gasteiger partial charge in [-0.3, -0.25) is 14.6 Å². The van der Waals surface area contributed by atoms with Crippen LogP contribution in [-0.2, 0) is 11.3 Å². The Balaban J connectivity index is 1.43. The Labute approximate surface area is 174 Å². The number of carbonyl (C=O) groups excluding carboxylic acids is 2. The molecule has 1 fully saturated rings. The zero-order valence-electron chi connectivity index (χ0n) is 16.2. The smallest absolute Gasteiger partial charge is 0.287 e. The van der Waals surface area contributed by atoms with Crippen molar-refractivity contribution >= 4 is 29.4 Å². The summed E-state index contributed by atoms with van der Waals surface area (Å²) in [7, 11) is 1.67. The predicted octanol–water partition coefficient (Wildman–Crippen LogP) is 1.58. The molecule has 9 heteroatoms. The standard InChI is InChI=1S/C20H24ClN5O3/c1-22-20(24-9-8-23-19(28)17-3-2-12-29-17)26-11-10-25(18(27)14-26)13-15-4-6-16(21)7-5-15/h2-7,12H,8-11,13-14H2,1H3,(H,22,24)(H,23,28). The molecule has 8 nitrogen and oxygen atoms in total. The molecular weight excluding hydrogens is 394 g/mol. The molecule has 29 heavy (non-hydrogen) atoms. The Hall–Kier alpha value is -3.00. The van der Waals surface area contributed by atoms with Gasteiger partial charge in [-0.05, 0) is 29.8 Å². The van der Waals surface area contributed by atoms with Crippen molar-refractivity contribution in [3.8, 4) is 0 Å². The first-order valence-corrected chi connectivity index (χ1v) is 9.74. The Bertz CT molecular complexity index is 852. The van der Waals surface area contributed by atoms with Gasteiger partial charge in [-0.1, -0.05) is 23.7 Å². The van der Waals surface area contributed by atoms with Crippen molar-refractivity contribution in [2.45, 2.75) is 6.54 Å². The van der Waals surface area contributed by atoms with Gasteiger partial charge in [-0.2, -0.15) is 0 Å². The number of amides is 2. The Morgan fingerprint density at radius 1 is 1.17 bits per heavy atom. The quantitative estimate of drug-likeness (QED) is 0.423. The molecule has 0 spiro atoms. The minimum Gasteiger partial charge on any atom is -0.459 e. The molecule has 1 aliphatic rings. The van der Waals surface area contributed by atoms with Crippen LogP contribution in [0.3, 0.4) is 0 Å². The van der Waals surface area contributed by atoms with Crippen molar-refractivity contribution in [1.82, 2.24) is 20.4 Å². The van der Waals surface area contributed by atoms with Gasteiger partial charge in [0, 0.05) is 44.8 Å². The largest absolute Gasteiger partial charge is 0.459 e. The lowest BCUT2D eigenvalue weighted by atomic mass is 10.2.